The maximum Gasteiger partial charge on any atom is 0.338 e. The molecule has 1 atom stereocenters. The molecular formula is C32H33N3O4. The molecule has 0 bridgehead atoms. The van der Waals surface area contributed by atoms with Crippen molar-refractivity contribution in [3.63, 3.8) is 0 Å². The van der Waals surface area contributed by atoms with Crippen LogP contribution in [0.1, 0.15) is 56.7 Å². The minimum absolute atomic E-state index is 0.0433. The van der Waals surface area contributed by atoms with E-state index >= 15 is 0 Å². The molecule has 1 aromatic heterocycles. The Hall–Kier alpha value is -4.23. The van der Waals surface area contributed by atoms with Crippen LogP contribution < -0.4 is 0 Å². The Bertz CT molecular complexity index is 1540. The van der Waals surface area contributed by atoms with Crippen molar-refractivity contribution in [2.24, 2.45) is 10.9 Å². The molecule has 5 rings (SSSR count). The monoisotopic (exact) mass is 523 g/mol. The number of hydrogen-bond donors (Lipinski definition) is 2. The van der Waals surface area contributed by atoms with Crippen molar-refractivity contribution in [2.75, 3.05) is 27.2 Å². The third kappa shape index (κ3) is 5.64. The number of carbonyl (C=O) groups is 2. The molecule has 3 aromatic carbocycles. The van der Waals surface area contributed by atoms with Gasteiger partial charge in [0, 0.05) is 35.0 Å². The lowest BCUT2D eigenvalue weighted by Gasteiger charge is -2.29. The molecular weight excluding hydrogens is 490 g/mol. The molecule has 0 spiro atoms. The Labute approximate surface area is 228 Å². The number of Topliss-reactive ketones (excluding diaryl/α,β-unsaturated/α-hetero) is 1. The number of likely N-dealkylation sites (tertiary alicyclic amines) is 1. The fourth-order valence-corrected chi connectivity index (χ4v) is 5.44. The molecule has 0 aliphatic carbocycles. The number of nitrogens with one attached hydrogen (secondary N) is 1. The van der Waals surface area contributed by atoms with E-state index in [0.29, 0.717) is 45.9 Å². The van der Waals surface area contributed by atoms with Crippen molar-refractivity contribution in [1.29, 1.82) is 0 Å². The molecule has 7 nitrogen and oxygen atoms in total. The van der Waals surface area contributed by atoms with Gasteiger partial charge in [-0.1, -0.05) is 30.3 Å². The molecule has 2 N–H and O–H groups in total. The zero-order valence-electron chi connectivity index (χ0n) is 22.5. The van der Waals surface area contributed by atoms with Crippen LogP contribution >= 0.6 is 0 Å². The average molecular weight is 524 g/mol. The Balaban J connectivity index is 1.51. The van der Waals surface area contributed by atoms with Gasteiger partial charge in [0.2, 0.25) is 0 Å². The zero-order valence-corrected chi connectivity index (χ0v) is 22.5. The molecule has 0 amide bonds. The van der Waals surface area contributed by atoms with Gasteiger partial charge in [-0.25, -0.2) is 9.79 Å². The van der Waals surface area contributed by atoms with Crippen molar-refractivity contribution in [3.8, 4) is 5.88 Å². The van der Waals surface area contributed by atoms with Crippen molar-refractivity contribution in [3.05, 3.63) is 94.5 Å². The summed E-state index contributed by atoms with van der Waals surface area (Å²) in [7, 11) is 3.45. The average Bonchev–Trinajstić information content (AvgIpc) is 3.25. The van der Waals surface area contributed by atoms with E-state index in [1.807, 2.05) is 67.6 Å². The van der Waals surface area contributed by atoms with Gasteiger partial charge >= 0.3 is 5.97 Å². The van der Waals surface area contributed by atoms with Gasteiger partial charge in [-0.2, -0.15) is 0 Å². The van der Waals surface area contributed by atoms with E-state index in [4.69, 9.17) is 9.73 Å². The van der Waals surface area contributed by atoms with E-state index < -0.39 is 5.97 Å². The smallest absolute Gasteiger partial charge is 0.338 e. The highest BCUT2D eigenvalue weighted by Gasteiger charge is 2.22. The number of hydrogen-bond acceptors (Lipinski definition) is 6. The summed E-state index contributed by atoms with van der Waals surface area (Å²) in [5, 5.41) is 11.8. The van der Waals surface area contributed by atoms with E-state index in [9.17, 15) is 14.7 Å². The molecule has 1 aliphatic rings. The molecule has 4 aromatic rings. The van der Waals surface area contributed by atoms with Crippen molar-refractivity contribution < 1.29 is 19.4 Å². The molecule has 7 heteroatoms. The lowest BCUT2D eigenvalue weighted by molar-refractivity contribution is 0.0600. The van der Waals surface area contributed by atoms with Crippen molar-refractivity contribution in [1.82, 2.24) is 9.88 Å². The van der Waals surface area contributed by atoms with E-state index in [-0.39, 0.29) is 11.7 Å². The first-order chi connectivity index (χ1) is 18.8. The number of rotatable bonds is 7. The van der Waals surface area contributed by atoms with Crippen LogP contribution in [0.25, 0.3) is 10.9 Å². The zero-order chi connectivity index (χ0) is 27.5. The van der Waals surface area contributed by atoms with Gasteiger partial charge < -0.3 is 19.7 Å². The summed E-state index contributed by atoms with van der Waals surface area (Å²) in [4.78, 5) is 35.4. The van der Waals surface area contributed by atoms with Gasteiger partial charge in [-0.05, 0) is 81.2 Å². The number of nitrogens with zero attached hydrogens (tertiary/aromatic N) is 2. The Morgan fingerprint density at radius 3 is 2.51 bits per heavy atom. The second-order valence-corrected chi connectivity index (χ2v) is 10.3. The highest BCUT2D eigenvalue weighted by molar-refractivity contribution is 6.22. The number of aromatic nitrogens is 1. The molecule has 200 valence electrons. The van der Waals surface area contributed by atoms with E-state index in [1.165, 1.54) is 7.11 Å². The lowest BCUT2D eigenvalue weighted by atomic mass is 9.91. The lowest BCUT2D eigenvalue weighted by Crippen LogP contribution is -2.33. The third-order valence-electron chi connectivity index (χ3n) is 7.44. The predicted octanol–water partition coefficient (Wildman–Crippen LogP) is 6.05. The first-order valence-electron chi connectivity index (χ1n) is 13.2. The summed E-state index contributed by atoms with van der Waals surface area (Å²) in [5.74, 6) is 0.0669. The van der Waals surface area contributed by atoms with Crippen LogP contribution in [-0.4, -0.2) is 59.7 Å². The summed E-state index contributed by atoms with van der Waals surface area (Å²) in [6.07, 6.45) is 2.78. The van der Waals surface area contributed by atoms with Gasteiger partial charge in [0.1, 0.15) is 0 Å². The van der Waals surface area contributed by atoms with E-state index in [1.54, 1.807) is 6.07 Å². The first kappa shape index (κ1) is 26.4. The Kier molecular flexibility index (Phi) is 7.61. The van der Waals surface area contributed by atoms with E-state index in [0.717, 1.165) is 42.4 Å². The summed E-state index contributed by atoms with van der Waals surface area (Å²) < 4.78 is 4.91. The second kappa shape index (κ2) is 11.3. The highest BCUT2D eigenvalue weighted by Crippen LogP contribution is 2.33. The summed E-state index contributed by atoms with van der Waals surface area (Å²) in [5.41, 5.74) is 5.05. The normalized spacial score (nSPS) is 16.4. The molecule has 2 heterocycles. The topological polar surface area (TPSA) is 95.0 Å². The van der Waals surface area contributed by atoms with Gasteiger partial charge in [0.15, 0.2) is 11.7 Å². The van der Waals surface area contributed by atoms with Crippen LogP contribution in [0.2, 0.25) is 0 Å². The summed E-state index contributed by atoms with van der Waals surface area (Å²) in [6.45, 7) is 3.89. The molecule has 1 fully saturated rings. The van der Waals surface area contributed by atoms with Crippen LogP contribution in [-0.2, 0) is 4.74 Å². The van der Waals surface area contributed by atoms with Crippen molar-refractivity contribution in [2.45, 2.75) is 26.2 Å². The molecule has 1 aliphatic heterocycles. The molecule has 0 radical (unpaired) electrons. The van der Waals surface area contributed by atoms with Crippen molar-refractivity contribution >= 4 is 34.1 Å². The third-order valence-corrected chi connectivity index (χ3v) is 7.44. The van der Waals surface area contributed by atoms with Gasteiger partial charge in [-0.15, -0.1) is 0 Å². The maximum absolute atomic E-state index is 13.0. The number of carbonyl (C=O) groups excluding carboxylic acids is 2. The predicted molar refractivity (Wildman–Crippen MR) is 153 cm³/mol. The molecule has 0 saturated carbocycles. The van der Waals surface area contributed by atoms with Crippen LogP contribution in [0.4, 0.5) is 5.69 Å². The van der Waals surface area contributed by atoms with Crippen LogP contribution in [0.5, 0.6) is 5.88 Å². The number of H-pyrrole nitrogens is 1. The minimum atomic E-state index is -0.438. The number of benzene rings is 3. The number of aliphatic imine (C=N–C) groups is 1. The second-order valence-electron chi connectivity index (χ2n) is 10.3. The number of ketones is 1. The maximum atomic E-state index is 13.0. The van der Waals surface area contributed by atoms with Crippen LogP contribution in [0.15, 0.2) is 71.7 Å². The number of esters is 1. The number of methoxy groups -OCH3 is 1. The number of aromatic amines is 1. The summed E-state index contributed by atoms with van der Waals surface area (Å²) in [6, 6.07) is 20.5. The number of ether oxygens (including phenoxy) is 1. The minimum Gasteiger partial charge on any atom is -0.494 e. The van der Waals surface area contributed by atoms with Crippen LogP contribution in [0.3, 0.4) is 0 Å². The molecule has 0 unspecified atom stereocenters. The fourth-order valence-electron chi connectivity index (χ4n) is 5.44. The van der Waals surface area contributed by atoms with Gasteiger partial charge in [-0.3, -0.25) is 4.79 Å². The number of piperidine rings is 1. The Morgan fingerprint density at radius 2 is 1.82 bits per heavy atom. The standard InChI is InChI=1S/C32H33N3O4/c1-20-16-26-27(18-25(20)32(38)39-3)34-31(37)29(26)30(23-9-5-4-6-10-23)33-24-13-11-22(12-14-24)28(36)17-21-8-7-15-35(2)19-21/h4-6,9-14,16,18,21,34,37H,7-8,15,17,19H2,1-3H3/t21-/m1/s1. The van der Waals surface area contributed by atoms with Gasteiger partial charge in [0.25, 0.3) is 0 Å². The quantitative estimate of drug-likeness (QED) is 0.175. The Morgan fingerprint density at radius 1 is 1.08 bits per heavy atom. The summed E-state index contributed by atoms with van der Waals surface area (Å²) >= 11 is 0. The van der Waals surface area contributed by atoms with Crippen LogP contribution in [0, 0.1) is 12.8 Å². The largest absolute Gasteiger partial charge is 0.494 e. The highest BCUT2D eigenvalue weighted by atomic mass is 16.5. The molecule has 39 heavy (non-hydrogen) atoms. The van der Waals surface area contributed by atoms with Gasteiger partial charge in [0.05, 0.1) is 29.6 Å². The number of aromatic hydroxyl groups is 1. The SMILES string of the molecule is COC(=O)c1cc2[nH]c(O)c(C(=Nc3ccc(C(=O)C[C@H]4CCCN(C)C4)cc3)c3ccccc3)c2cc1C. The fraction of sp³-hybridized carbons (Fsp3) is 0.281. The molecule has 1 saturated heterocycles. The number of fused-ring (bicyclic) bond motifs is 1. The van der Waals surface area contributed by atoms with E-state index in [2.05, 4.69) is 16.9 Å². The first-order valence-corrected chi connectivity index (χ1v) is 13.2. The number of aryl methyl sites for hydroxylation is 1.